The first-order valence-corrected chi connectivity index (χ1v) is 6.65. The number of ether oxygens (including phenoxy) is 2. The Hall–Kier alpha value is -1.73. The van der Waals surface area contributed by atoms with Crippen molar-refractivity contribution in [3.05, 3.63) is 27.9 Å². The molecule has 0 aromatic carbocycles. The molecule has 1 N–H and O–H groups in total. The normalized spacial score (nSPS) is 19.1. The predicted octanol–water partition coefficient (Wildman–Crippen LogP) is 0.0147. The fourth-order valence-corrected chi connectivity index (χ4v) is 2.08. The van der Waals surface area contributed by atoms with E-state index in [4.69, 9.17) is 9.47 Å². The van der Waals surface area contributed by atoms with Crippen molar-refractivity contribution >= 4 is 5.91 Å². The lowest BCUT2D eigenvalue weighted by Gasteiger charge is -2.32. The van der Waals surface area contributed by atoms with Gasteiger partial charge in [-0.25, -0.2) is 4.98 Å². The van der Waals surface area contributed by atoms with Crippen LogP contribution in [0.2, 0.25) is 0 Å². The Balaban J connectivity index is 2.06. The molecule has 1 aliphatic rings. The van der Waals surface area contributed by atoms with E-state index in [1.54, 1.807) is 11.8 Å². The zero-order chi connectivity index (χ0) is 14.5. The fraction of sp³-hybridized carbons (Fsp3) is 0.615. The average Bonchev–Trinajstić information content (AvgIpc) is 2.44. The highest BCUT2D eigenvalue weighted by Gasteiger charge is 2.26. The van der Waals surface area contributed by atoms with Crippen LogP contribution in [-0.2, 0) is 14.3 Å². The maximum absolute atomic E-state index is 11.9. The summed E-state index contributed by atoms with van der Waals surface area (Å²) in [5.74, 6) is 0.388. The molecule has 7 nitrogen and oxygen atoms in total. The fourth-order valence-electron chi connectivity index (χ4n) is 2.08. The number of aromatic amines is 1. The minimum Gasteiger partial charge on any atom is -0.372 e. The molecule has 20 heavy (non-hydrogen) atoms. The topological polar surface area (TPSA) is 84.5 Å². The van der Waals surface area contributed by atoms with E-state index in [-0.39, 0.29) is 18.1 Å². The van der Waals surface area contributed by atoms with Gasteiger partial charge in [-0.1, -0.05) is 0 Å². The molecule has 0 bridgehead atoms. The summed E-state index contributed by atoms with van der Waals surface area (Å²) in [5, 5.41) is 0. The van der Waals surface area contributed by atoms with Crippen molar-refractivity contribution in [1.29, 1.82) is 0 Å². The summed E-state index contributed by atoms with van der Waals surface area (Å²) in [6.07, 6.45) is -0.401. The van der Waals surface area contributed by atoms with Gasteiger partial charge in [0.25, 0.3) is 5.56 Å². The van der Waals surface area contributed by atoms with Crippen molar-refractivity contribution < 1.29 is 14.3 Å². The second-order valence-electron chi connectivity index (χ2n) is 4.61. The number of amides is 1. The van der Waals surface area contributed by atoms with Gasteiger partial charge in [0.1, 0.15) is 18.5 Å². The first-order valence-electron chi connectivity index (χ1n) is 6.65. The van der Waals surface area contributed by atoms with Crippen molar-refractivity contribution in [1.82, 2.24) is 14.9 Å². The molecular formula is C13H19N3O4. The first-order chi connectivity index (χ1) is 9.60. The number of H-pyrrole nitrogens is 1. The minimum atomic E-state index is -0.401. The highest BCUT2D eigenvalue weighted by atomic mass is 16.5. The zero-order valence-corrected chi connectivity index (χ0v) is 11.7. The average molecular weight is 281 g/mol. The Labute approximate surface area is 116 Å². The smallest absolute Gasteiger partial charge is 0.251 e. The third kappa shape index (κ3) is 3.64. The molecule has 1 saturated heterocycles. The van der Waals surface area contributed by atoms with Crippen LogP contribution in [0.3, 0.4) is 0 Å². The number of aromatic nitrogens is 2. The third-order valence-corrected chi connectivity index (χ3v) is 3.04. The van der Waals surface area contributed by atoms with Crippen LogP contribution in [0.4, 0.5) is 0 Å². The summed E-state index contributed by atoms with van der Waals surface area (Å²) in [4.78, 5) is 32.0. The number of rotatable bonds is 4. The third-order valence-electron chi connectivity index (χ3n) is 3.04. The van der Waals surface area contributed by atoms with E-state index in [9.17, 15) is 9.59 Å². The number of nitrogens with one attached hydrogen (secondary N) is 1. The van der Waals surface area contributed by atoms with Gasteiger partial charge in [-0.3, -0.25) is 9.59 Å². The molecule has 0 spiro atoms. The minimum absolute atomic E-state index is 0.0704. The summed E-state index contributed by atoms with van der Waals surface area (Å²) < 4.78 is 10.7. The van der Waals surface area contributed by atoms with Gasteiger partial charge in [-0.15, -0.1) is 0 Å². The van der Waals surface area contributed by atoms with E-state index in [0.717, 1.165) is 0 Å². The predicted molar refractivity (Wildman–Crippen MR) is 71.4 cm³/mol. The van der Waals surface area contributed by atoms with Crippen LogP contribution < -0.4 is 5.56 Å². The second-order valence-corrected chi connectivity index (χ2v) is 4.61. The van der Waals surface area contributed by atoms with E-state index in [0.29, 0.717) is 37.8 Å². The van der Waals surface area contributed by atoms with Crippen molar-refractivity contribution in [2.24, 2.45) is 0 Å². The Kier molecular flexibility index (Phi) is 4.86. The van der Waals surface area contributed by atoms with E-state index >= 15 is 0 Å². The molecule has 0 saturated carbocycles. The lowest BCUT2D eigenvalue weighted by molar-refractivity contribution is -0.144. The Bertz CT molecular complexity index is 529. The van der Waals surface area contributed by atoms with Gasteiger partial charge in [-0.2, -0.15) is 0 Å². The second kappa shape index (κ2) is 6.62. The van der Waals surface area contributed by atoms with Gasteiger partial charge in [0.05, 0.1) is 13.2 Å². The molecule has 110 valence electrons. The van der Waals surface area contributed by atoms with Crippen LogP contribution in [0, 0.1) is 6.92 Å². The molecule has 7 heteroatoms. The van der Waals surface area contributed by atoms with Gasteiger partial charge in [-0.05, 0) is 13.8 Å². The highest BCUT2D eigenvalue weighted by molar-refractivity contribution is 5.77. The van der Waals surface area contributed by atoms with Gasteiger partial charge < -0.3 is 19.4 Å². The summed E-state index contributed by atoms with van der Waals surface area (Å²) in [7, 11) is 0. The molecule has 0 aliphatic carbocycles. The van der Waals surface area contributed by atoms with Crippen LogP contribution in [0.25, 0.3) is 0 Å². The monoisotopic (exact) mass is 281 g/mol. The highest BCUT2D eigenvalue weighted by Crippen LogP contribution is 2.18. The number of carbonyl (C=O) groups excluding carboxylic acids is 1. The zero-order valence-electron chi connectivity index (χ0n) is 11.7. The van der Waals surface area contributed by atoms with Crippen molar-refractivity contribution in [2.75, 3.05) is 32.9 Å². The Morgan fingerprint density at radius 1 is 1.65 bits per heavy atom. The molecule has 2 heterocycles. The van der Waals surface area contributed by atoms with Crippen molar-refractivity contribution in [3.63, 3.8) is 0 Å². The molecule has 1 amide bonds. The van der Waals surface area contributed by atoms with Crippen LogP contribution >= 0.6 is 0 Å². The van der Waals surface area contributed by atoms with E-state index < -0.39 is 6.10 Å². The molecular weight excluding hydrogens is 262 g/mol. The van der Waals surface area contributed by atoms with Crippen LogP contribution in [0.5, 0.6) is 0 Å². The van der Waals surface area contributed by atoms with Gasteiger partial charge in [0, 0.05) is 24.9 Å². The number of hydrogen-bond donors (Lipinski definition) is 1. The maximum Gasteiger partial charge on any atom is 0.251 e. The number of hydrogen-bond acceptors (Lipinski definition) is 5. The lowest BCUT2D eigenvalue weighted by atomic mass is 10.2. The number of morpholine rings is 1. The number of nitrogens with zero attached hydrogens (tertiary/aromatic N) is 2. The van der Waals surface area contributed by atoms with Gasteiger partial charge in [0.15, 0.2) is 0 Å². The van der Waals surface area contributed by atoms with E-state index in [2.05, 4.69) is 9.97 Å². The van der Waals surface area contributed by atoms with Gasteiger partial charge in [0.2, 0.25) is 5.91 Å². The standard InChI is InChI=1S/C13H19N3O4/c1-3-19-8-12(18)16-4-5-20-10(7-16)13-14-9(2)6-11(17)15-13/h6,10H,3-5,7-8H2,1-2H3,(H,14,15,17)/t10-/m0/s1. The quantitative estimate of drug-likeness (QED) is 0.840. The first kappa shape index (κ1) is 14.7. The Morgan fingerprint density at radius 3 is 3.15 bits per heavy atom. The largest absolute Gasteiger partial charge is 0.372 e. The van der Waals surface area contributed by atoms with E-state index in [1.165, 1.54) is 6.07 Å². The molecule has 2 rings (SSSR count). The molecule has 1 fully saturated rings. The lowest BCUT2D eigenvalue weighted by Crippen LogP contribution is -2.44. The summed E-state index contributed by atoms with van der Waals surface area (Å²) in [6, 6.07) is 1.42. The number of carbonyl (C=O) groups is 1. The summed E-state index contributed by atoms with van der Waals surface area (Å²) >= 11 is 0. The van der Waals surface area contributed by atoms with Crippen molar-refractivity contribution in [2.45, 2.75) is 20.0 Å². The van der Waals surface area contributed by atoms with Crippen molar-refractivity contribution in [3.8, 4) is 0 Å². The van der Waals surface area contributed by atoms with Crippen LogP contribution in [0.15, 0.2) is 10.9 Å². The summed E-state index contributed by atoms with van der Waals surface area (Å²) in [6.45, 7) is 5.49. The molecule has 0 unspecified atom stereocenters. The molecule has 1 atom stereocenters. The molecule has 1 aromatic heterocycles. The molecule has 0 radical (unpaired) electrons. The maximum atomic E-state index is 11.9. The van der Waals surface area contributed by atoms with E-state index in [1.807, 2.05) is 6.92 Å². The Morgan fingerprint density at radius 2 is 2.45 bits per heavy atom. The molecule has 1 aliphatic heterocycles. The number of aryl methyl sites for hydroxylation is 1. The van der Waals surface area contributed by atoms with Gasteiger partial charge >= 0.3 is 0 Å². The van der Waals surface area contributed by atoms with Crippen LogP contribution in [0.1, 0.15) is 24.5 Å². The summed E-state index contributed by atoms with van der Waals surface area (Å²) in [5.41, 5.74) is 0.416. The van der Waals surface area contributed by atoms with Crippen LogP contribution in [-0.4, -0.2) is 53.7 Å². The SMILES string of the molecule is CCOCC(=O)N1CCO[C@H](c2nc(C)cc(=O)[nH]2)C1. The molecule has 1 aromatic rings.